The molecule has 0 aliphatic carbocycles. The van der Waals surface area contributed by atoms with Gasteiger partial charge in [0, 0.05) is 10.9 Å². The lowest BCUT2D eigenvalue weighted by Crippen LogP contribution is -2.07. The molecule has 4 rings (SSSR count). The monoisotopic (exact) mass is 478 g/mol. The van der Waals surface area contributed by atoms with Crippen molar-refractivity contribution in [2.24, 2.45) is 0 Å². The van der Waals surface area contributed by atoms with Crippen molar-refractivity contribution in [3.05, 3.63) is 66.7 Å². The van der Waals surface area contributed by atoms with E-state index in [0.717, 1.165) is 47.0 Å². The molecule has 6 heteroatoms. The second-order valence-electron chi connectivity index (χ2n) is 8.36. The van der Waals surface area contributed by atoms with E-state index in [0.29, 0.717) is 16.9 Å². The first kappa shape index (κ1) is 23.5. The number of nitrogen functional groups attached to an aromatic ring is 1. The van der Waals surface area contributed by atoms with E-state index in [2.05, 4.69) is 6.92 Å². The van der Waals surface area contributed by atoms with E-state index in [9.17, 15) is 8.42 Å². The van der Waals surface area contributed by atoms with Crippen LogP contribution in [0.2, 0.25) is 0 Å². The van der Waals surface area contributed by atoms with Gasteiger partial charge in [0.1, 0.15) is 9.04 Å². The van der Waals surface area contributed by atoms with Crippen molar-refractivity contribution in [3.63, 3.8) is 0 Å². The maximum Gasteiger partial charge on any atom is 0.189 e. The van der Waals surface area contributed by atoms with Gasteiger partial charge in [-0.15, -0.1) is 11.3 Å². The molecule has 172 valence electrons. The molecule has 2 aromatic heterocycles. The molecule has 0 bridgehead atoms. The summed E-state index contributed by atoms with van der Waals surface area (Å²) < 4.78 is 26.7. The minimum atomic E-state index is -3.47. The van der Waals surface area contributed by atoms with Gasteiger partial charge >= 0.3 is 0 Å². The summed E-state index contributed by atoms with van der Waals surface area (Å²) in [4.78, 5) is 5.49. The highest BCUT2D eigenvalue weighted by Gasteiger charge is 2.25. The second kappa shape index (κ2) is 10.5. The highest BCUT2D eigenvalue weighted by atomic mass is 32.2. The predicted octanol–water partition coefficient (Wildman–Crippen LogP) is 7.35. The number of fused-ring (bicyclic) bond motifs is 1. The zero-order valence-electron chi connectivity index (χ0n) is 19.0. The summed E-state index contributed by atoms with van der Waals surface area (Å²) in [7, 11) is -3.47. The molecule has 2 N–H and O–H groups in total. The molecule has 33 heavy (non-hydrogen) atoms. The molecule has 4 aromatic rings. The second-order valence-corrected chi connectivity index (χ2v) is 11.7. The van der Waals surface area contributed by atoms with Crippen molar-refractivity contribution in [2.75, 3.05) is 11.5 Å². The zero-order chi connectivity index (χ0) is 23.3. The molecule has 0 saturated carbocycles. The SMILES string of the molecule is CCCCCCCCS(=O)(=O)c1sc2nc(-c3ccccc3)cc(-c3ccccc3)c2c1N. The van der Waals surface area contributed by atoms with E-state index in [1.165, 1.54) is 24.2 Å². The van der Waals surface area contributed by atoms with Gasteiger partial charge in [-0.1, -0.05) is 99.7 Å². The molecular weight excluding hydrogens is 448 g/mol. The van der Waals surface area contributed by atoms with Crippen LogP contribution < -0.4 is 5.73 Å². The molecule has 2 heterocycles. The Balaban J connectivity index is 1.75. The summed E-state index contributed by atoms with van der Waals surface area (Å²) >= 11 is 1.20. The van der Waals surface area contributed by atoms with Gasteiger partial charge in [-0.25, -0.2) is 13.4 Å². The lowest BCUT2D eigenvalue weighted by molar-refractivity contribution is 0.585. The van der Waals surface area contributed by atoms with Crippen LogP contribution in [0, 0.1) is 0 Å². The number of hydrogen-bond acceptors (Lipinski definition) is 5. The van der Waals surface area contributed by atoms with Gasteiger partial charge in [0.25, 0.3) is 0 Å². The van der Waals surface area contributed by atoms with Gasteiger partial charge in [0.15, 0.2) is 9.84 Å². The molecule has 0 unspecified atom stereocenters. The fourth-order valence-corrected chi connectivity index (χ4v) is 7.15. The van der Waals surface area contributed by atoms with Crippen molar-refractivity contribution >= 4 is 37.1 Å². The van der Waals surface area contributed by atoms with Crippen LogP contribution in [0.4, 0.5) is 5.69 Å². The number of benzene rings is 2. The van der Waals surface area contributed by atoms with E-state index >= 15 is 0 Å². The maximum atomic E-state index is 13.2. The highest BCUT2D eigenvalue weighted by molar-refractivity contribution is 7.93. The maximum absolute atomic E-state index is 13.2. The Labute approximate surface area is 200 Å². The minimum absolute atomic E-state index is 0.127. The van der Waals surface area contributed by atoms with Crippen LogP contribution in [0.5, 0.6) is 0 Å². The summed E-state index contributed by atoms with van der Waals surface area (Å²) in [6.45, 7) is 2.18. The molecule has 0 atom stereocenters. The predicted molar refractivity (Wildman–Crippen MR) is 140 cm³/mol. The third-order valence-corrected chi connectivity index (χ3v) is 9.39. The number of rotatable bonds is 10. The summed E-state index contributed by atoms with van der Waals surface area (Å²) in [6.07, 6.45) is 6.20. The zero-order valence-corrected chi connectivity index (χ0v) is 20.6. The number of aromatic nitrogens is 1. The van der Waals surface area contributed by atoms with E-state index in [1.807, 2.05) is 66.7 Å². The highest BCUT2D eigenvalue weighted by Crippen LogP contribution is 2.43. The number of unbranched alkanes of at least 4 members (excludes halogenated alkanes) is 5. The summed E-state index contributed by atoms with van der Waals surface area (Å²) in [5, 5.41) is 0.729. The molecule has 0 aliphatic rings. The Morgan fingerprint density at radius 1 is 0.848 bits per heavy atom. The van der Waals surface area contributed by atoms with Crippen LogP contribution in [-0.2, 0) is 9.84 Å². The van der Waals surface area contributed by atoms with Crippen molar-refractivity contribution in [3.8, 4) is 22.4 Å². The van der Waals surface area contributed by atoms with Gasteiger partial charge in [-0.05, 0) is 23.6 Å². The Morgan fingerprint density at radius 2 is 1.45 bits per heavy atom. The Bertz CT molecular complexity index is 1310. The molecule has 0 fully saturated rings. The Hall–Kier alpha value is -2.70. The number of nitrogens with zero attached hydrogens (tertiary/aromatic N) is 1. The molecule has 4 nitrogen and oxygen atoms in total. The van der Waals surface area contributed by atoms with Gasteiger partial charge in [0.05, 0.1) is 17.1 Å². The average Bonchev–Trinajstić information content (AvgIpc) is 3.19. The normalized spacial score (nSPS) is 11.8. The molecule has 0 amide bonds. The lowest BCUT2D eigenvalue weighted by atomic mass is 10.00. The lowest BCUT2D eigenvalue weighted by Gasteiger charge is -2.09. The molecule has 0 aliphatic heterocycles. The van der Waals surface area contributed by atoms with E-state index in [-0.39, 0.29) is 9.96 Å². The third-order valence-electron chi connectivity index (χ3n) is 5.87. The van der Waals surface area contributed by atoms with Crippen molar-refractivity contribution in [2.45, 2.75) is 49.7 Å². The Morgan fingerprint density at radius 3 is 2.12 bits per heavy atom. The van der Waals surface area contributed by atoms with E-state index in [1.54, 1.807) is 0 Å². The average molecular weight is 479 g/mol. The molecule has 0 spiro atoms. The number of sulfone groups is 1. The molecule has 0 saturated heterocycles. The summed E-state index contributed by atoms with van der Waals surface area (Å²) in [6, 6.07) is 21.9. The van der Waals surface area contributed by atoms with E-state index in [4.69, 9.17) is 10.7 Å². The quantitative estimate of drug-likeness (QED) is 0.242. The van der Waals surface area contributed by atoms with Gasteiger partial charge in [-0.2, -0.15) is 0 Å². The topological polar surface area (TPSA) is 73.0 Å². The van der Waals surface area contributed by atoms with Gasteiger partial charge in [0.2, 0.25) is 0 Å². The van der Waals surface area contributed by atoms with Gasteiger partial charge < -0.3 is 5.73 Å². The molecule has 0 radical (unpaired) electrons. The number of nitrogens with two attached hydrogens (primary N) is 1. The first-order valence-corrected chi connectivity index (χ1v) is 14.0. The first-order valence-electron chi connectivity index (χ1n) is 11.6. The smallest absolute Gasteiger partial charge is 0.189 e. The van der Waals surface area contributed by atoms with Crippen molar-refractivity contribution in [1.82, 2.24) is 4.98 Å². The van der Waals surface area contributed by atoms with Crippen LogP contribution >= 0.6 is 11.3 Å². The summed E-state index contributed by atoms with van der Waals surface area (Å²) in [5.74, 6) is 0.127. The fraction of sp³-hybridized carbons (Fsp3) is 0.296. The standard InChI is InChI=1S/C27H30N2O2S2/c1-2-3-4-5-6-13-18-33(30,31)27-25(28)24-22(20-14-9-7-10-15-20)19-23(29-26(24)32-27)21-16-11-8-12-17-21/h7-12,14-17,19H,2-6,13,18,28H2,1H3. The van der Waals surface area contributed by atoms with Crippen LogP contribution in [-0.4, -0.2) is 19.2 Å². The van der Waals surface area contributed by atoms with Crippen LogP contribution in [0.25, 0.3) is 32.6 Å². The largest absolute Gasteiger partial charge is 0.396 e. The number of hydrogen-bond donors (Lipinski definition) is 1. The van der Waals surface area contributed by atoms with E-state index < -0.39 is 9.84 Å². The fourth-order valence-electron chi connectivity index (χ4n) is 4.10. The molecule has 2 aromatic carbocycles. The van der Waals surface area contributed by atoms with Crippen LogP contribution in [0.3, 0.4) is 0 Å². The van der Waals surface area contributed by atoms with Crippen LogP contribution in [0.1, 0.15) is 45.4 Å². The van der Waals surface area contributed by atoms with Crippen molar-refractivity contribution in [1.29, 1.82) is 0 Å². The van der Waals surface area contributed by atoms with Crippen LogP contribution in [0.15, 0.2) is 70.9 Å². The number of thiophene rings is 1. The van der Waals surface area contributed by atoms with Crippen molar-refractivity contribution < 1.29 is 8.42 Å². The minimum Gasteiger partial charge on any atom is -0.396 e. The van der Waals surface area contributed by atoms with Gasteiger partial charge in [-0.3, -0.25) is 0 Å². The third kappa shape index (κ3) is 5.28. The summed E-state index contributed by atoms with van der Waals surface area (Å²) in [5.41, 5.74) is 10.5. The molecular formula is C27H30N2O2S2. The Kier molecular flexibility index (Phi) is 7.46. The first-order chi connectivity index (χ1) is 16.0. The number of anilines is 1. The number of pyridine rings is 1.